The summed E-state index contributed by atoms with van der Waals surface area (Å²) in [6.07, 6.45) is 5.40. The van der Waals surface area contributed by atoms with Crippen molar-refractivity contribution in [1.82, 2.24) is 24.7 Å². The first-order valence-electron chi connectivity index (χ1n) is 11.8. The molecule has 3 aromatic rings. The molecule has 34 heavy (non-hydrogen) atoms. The predicted octanol–water partition coefficient (Wildman–Crippen LogP) is 3.60. The third kappa shape index (κ3) is 4.22. The van der Waals surface area contributed by atoms with Crippen molar-refractivity contribution in [2.45, 2.75) is 64.4 Å². The maximum absolute atomic E-state index is 11.4. The Bertz CT molecular complexity index is 1300. The summed E-state index contributed by atoms with van der Waals surface area (Å²) in [6, 6.07) is 8.67. The number of aliphatic imine (C=N–C) groups is 1. The number of ether oxygens (including phenoxy) is 1. The Labute approximate surface area is 198 Å². The van der Waals surface area contributed by atoms with E-state index in [9.17, 15) is 4.79 Å². The van der Waals surface area contributed by atoms with Gasteiger partial charge in [-0.3, -0.25) is 4.68 Å². The molecule has 0 unspecified atom stereocenters. The van der Waals surface area contributed by atoms with Gasteiger partial charge in [-0.05, 0) is 63.9 Å². The van der Waals surface area contributed by atoms with E-state index in [2.05, 4.69) is 44.3 Å². The van der Waals surface area contributed by atoms with Crippen LogP contribution in [-0.2, 0) is 13.5 Å². The number of nitrogen functional groups attached to an aromatic ring is 1. The highest BCUT2D eigenvalue weighted by molar-refractivity contribution is 6.09. The first-order chi connectivity index (χ1) is 16.2. The zero-order valence-corrected chi connectivity index (χ0v) is 20.1. The minimum absolute atomic E-state index is 0.267. The van der Waals surface area contributed by atoms with Gasteiger partial charge in [-0.1, -0.05) is 24.3 Å². The van der Waals surface area contributed by atoms with Gasteiger partial charge in [0.05, 0.1) is 5.71 Å². The van der Waals surface area contributed by atoms with E-state index in [0.29, 0.717) is 35.0 Å². The van der Waals surface area contributed by atoms with E-state index in [-0.39, 0.29) is 5.69 Å². The van der Waals surface area contributed by atoms with E-state index in [1.807, 2.05) is 20.9 Å². The average molecular weight is 462 g/mol. The minimum Gasteiger partial charge on any atom is -0.463 e. The molecule has 1 saturated carbocycles. The third-order valence-corrected chi connectivity index (χ3v) is 6.99. The number of hydrogen-bond donors (Lipinski definition) is 2. The van der Waals surface area contributed by atoms with E-state index in [1.165, 1.54) is 5.56 Å². The number of anilines is 1. The number of aryl methyl sites for hydroxylation is 2. The van der Waals surface area contributed by atoms with Crippen molar-refractivity contribution in [3.63, 3.8) is 0 Å². The lowest BCUT2D eigenvalue weighted by atomic mass is 9.77. The maximum atomic E-state index is 11.4. The number of fused-ring (bicyclic) bond motifs is 1. The molecule has 3 heterocycles. The summed E-state index contributed by atoms with van der Waals surface area (Å²) in [5.74, 6) is 3.28. The van der Waals surface area contributed by atoms with Gasteiger partial charge >= 0.3 is 5.69 Å². The molecule has 2 aromatic heterocycles. The molecule has 5 rings (SSSR count). The van der Waals surface area contributed by atoms with Crippen LogP contribution in [-0.4, -0.2) is 36.0 Å². The molecule has 1 aliphatic heterocycles. The molecule has 0 atom stereocenters. The number of rotatable bonds is 4. The van der Waals surface area contributed by atoms with Crippen molar-refractivity contribution < 1.29 is 4.74 Å². The topological polar surface area (TPSA) is 124 Å². The second kappa shape index (κ2) is 8.38. The van der Waals surface area contributed by atoms with Gasteiger partial charge in [0.1, 0.15) is 17.2 Å². The number of aromatic amines is 1. The van der Waals surface area contributed by atoms with Gasteiger partial charge in [-0.25, -0.2) is 19.9 Å². The molecule has 1 fully saturated rings. The number of aromatic nitrogens is 5. The van der Waals surface area contributed by atoms with Gasteiger partial charge in [0, 0.05) is 19.0 Å². The normalized spacial score (nSPS) is 21.5. The van der Waals surface area contributed by atoms with Gasteiger partial charge in [-0.2, -0.15) is 9.97 Å². The summed E-state index contributed by atoms with van der Waals surface area (Å²) in [4.78, 5) is 29.0. The van der Waals surface area contributed by atoms with Gasteiger partial charge in [0.2, 0.25) is 5.88 Å². The summed E-state index contributed by atoms with van der Waals surface area (Å²) in [6.45, 7) is 5.78. The van der Waals surface area contributed by atoms with E-state index in [1.54, 1.807) is 11.6 Å². The van der Waals surface area contributed by atoms with Crippen molar-refractivity contribution in [1.29, 1.82) is 0 Å². The van der Waals surface area contributed by atoms with Gasteiger partial charge < -0.3 is 10.5 Å². The van der Waals surface area contributed by atoms with Gasteiger partial charge in [0.15, 0.2) is 11.5 Å². The summed E-state index contributed by atoms with van der Waals surface area (Å²) in [7, 11) is 1.85. The molecule has 9 nitrogen and oxygen atoms in total. The molecule has 0 bridgehead atoms. The predicted molar refractivity (Wildman–Crippen MR) is 131 cm³/mol. The highest BCUT2D eigenvalue weighted by Crippen LogP contribution is 2.40. The molecule has 2 aliphatic rings. The molecule has 0 spiro atoms. The quantitative estimate of drug-likeness (QED) is 0.612. The summed E-state index contributed by atoms with van der Waals surface area (Å²) >= 11 is 0. The van der Waals surface area contributed by atoms with Crippen molar-refractivity contribution in [2.75, 3.05) is 5.73 Å². The molecule has 0 saturated heterocycles. The number of benzene rings is 1. The Kier molecular flexibility index (Phi) is 5.50. The van der Waals surface area contributed by atoms with Crippen molar-refractivity contribution >= 4 is 17.2 Å². The SMILES string of the molecule is Cc1nc(N)c2c(n1)OC(C)(C)C(c1ccc(C3CCC(Cc4nc(=O)[nH]n4C)CC3)cc1)=N2. The van der Waals surface area contributed by atoms with Gasteiger partial charge in [-0.15, -0.1) is 0 Å². The van der Waals surface area contributed by atoms with Crippen LogP contribution in [0.2, 0.25) is 0 Å². The fraction of sp³-hybridized carbons (Fsp3) is 0.480. The Morgan fingerprint density at radius 1 is 1.12 bits per heavy atom. The molecule has 9 heteroatoms. The summed E-state index contributed by atoms with van der Waals surface area (Å²) < 4.78 is 7.92. The summed E-state index contributed by atoms with van der Waals surface area (Å²) in [5.41, 5.74) is 8.87. The van der Waals surface area contributed by atoms with E-state index < -0.39 is 5.60 Å². The molecule has 1 aliphatic carbocycles. The first kappa shape index (κ1) is 22.3. The fourth-order valence-corrected chi connectivity index (χ4v) is 5.17. The highest BCUT2D eigenvalue weighted by atomic mass is 16.5. The van der Waals surface area contributed by atoms with Crippen LogP contribution in [0.3, 0.4) is 0 Å². The maximum Gasteiger partial charge on any atom is 0.361 e. The van der Waals surface area contributed by atoms with E-state index >= 15 is 0 Å². The molecule has 0 radical (unpaired) electrons. The van der Waals surface area contributed by atoms with Crippen LogP contribution in [0.25, 0.3) is 0 Å². The zero-order chi connectivity index (χ0) is 24.0. The Balaban J connectivity index is 1.30. The van der Waals surface area contributed by atoms with Crippen LogP contribution in [0, 0.1) is 12.8 Å². The smallest absolute Gasteiger partial charge is 0.361 e. The molecule has 1 aromatic carbocycles. The fourth-order valence-electron chi connectivity index (χ4n) is 5.17. The van der Waals surface area contributed by atoms with E-state index in [4.69, 9.17) is 15.5 Å². The number of nitrogens with zero attached hydrogens (tertiary/aromatic N) is 5. The van der Waals surface area contributed by atoms with Gasteiger partial charge in [0.25, 0.3) is 0 Å². The molecular formula is C25H31N7O2. The van der Waals surface area contributed by atoms with Crippen molar-refractivity contribution in [3.05, 3.63) is 57.5 Å². The van der Waals surface area contributed by atoms with Crippen LogP contribution < -0.4 is 16.2 Å². The number of nitrogens with one attached hydrogen (secondary N) is 1. The lowest BCUT2D eigenvalue weighted by molar-refractivity contribution is 0.171. The van der Waals surface area contributed by atoms with Crippen LogP contribution in [0.5, 0.6) is 5.88 Å². The lowest BCUT2D eigenvalue weighted by Crippen LogP contribution is -2.41. The lowest BCUT2D eigenvalue weighted by Gasteiger charge is -2.32. The molecule has 0 amide bonds. The molecule has 3 N–H and O–H groups in total. The van der Waals surface area contributed by atoms with Crippen molar-refractivity contribution in [2.24, 2.45) is 18.0 Å². The standard InChI is InChI=1S/C25H31N7O2/c1-14-27-22(26)20-23(28-14)34-25(2,3)21(30-20)18-11-9-17(10-12-18)16-7-5-15(6-8-16)13-19-29-24(33)31-32(19)4/h9-12,15-16H,5-8,13H2,1-4H3,(H,31,33)(H2,26,27,28). The first-order valence-corrected chi connectivity index (χ1v) is 11.8. The van der Waals surface area contributed by atoms with Crippen LogP contribution in [0.15, 0.2) is 34.1 Å². The van der Waals surface area contributed by atoms with E-state index in [0.717, 1.165) is 49.2 Å². The highest BCUT2D eigenvalue weighted by Gasteiger charge is 2.35. The number of nitrogens with two attached hydrogens (primary N) is 1. The minimum atomic E-state index is -0.633. The number of H-pyrrole nitrogens is 1. The number of hydrogen-bond acceptors (Lipinski definition) is 7. The second-order valence-corrected chi connectivity index (χ2v) is 9.93. The van der Waals surface area contributed by atoms with Crippen LogP contribution in [0.1, 0.15) is 68.2 Å². The Hall–Kier alpha value is -3.49. The van der Waals surface area contributed by atoms with Crippen LogP contribution in [0.4, 0.5) is 11.5 Å². The third-order valence-electron chi connectivity index (χ3n) is 6.99. The monoisotopic (exact) mass is 461 g/mol. The Morgan fingerprint density at radius 2 is 1.82 bits per heavy atom. The summed E-state index contributed by atoms with van der Waals surface area (Å²) in [5, 5.41) is 2.70. The Morgan fingerprint density at radius 3 is 2.47 bits per heavy atom. The average Bonchev–Trinajstić information content (AvgIpc) is 3.09. The molecular weight excluding hydrogens is 430 g/mol. The molecule has 178 valence electrons. The second-order valence-electron chi connectivity index (χ2n) is 9.93. The zero-order valence-electron chi connectivity index (χ0n) is 20.1. The van der Waals surface area contributed by atoms with Crippen molar-refractivity contribution in [3.8, 4) is 5.88 Å². The van der Waals surface area contributed by atoms with Crippen LogP contribution >= 0.6 is 0 Å². The largest absolute Gasteiger partial charge is 0.463 e.